The van der Waals surface area contributed by atoms with Crippen LogP contribution in [0.4, 0.5) is 0 Å². The molecule has 0 aromatic heterocycles. The standard InChI is InChI=1S/C23H49NO/c1-4-6-8-10-12-14-16-18-20-23(25-22(3)24)21-19-17-15-13-11-9-7-5-2/h22-23H,4-21,24H2,1-3H3. The van der Waals surface area contributed by atoms with Crippen molar-refractivity contribution in [3.05, 3.63) is 0 Å². The maximum absolute atomic E-state index is 5.95. The van der Waals surface area contributed by atoms with Crippen molar-refractivity contribution in [2.24, 2.45) is 5.73 Å². The van der Waals surface area contributed by atoms with Crippen LogP contribution in [0.5, 0.6) is 0 Å². The minimum Gasteiger partial charge on any atom is -0.361 e. The van der Waals surface area contributed by atoms with Crippen molar-refractivity contribution in [1.82, 2.24) is 0 Å². The Kier molecular flexibility index (Phi) is 20.2. The quantitative estimate of drug-likeness (QED) is 0.179. The molecule has 152 valence electrons. The second-order valence-electron chi connectivity index (χ2n) is 7.99. The SMILES string of the molecule is CCCCCCCCCCC(CCCCCCCCCC)OC(C)N. The van der Waals surface area contributed by atoms with Gasteiger partial charge in [-0.15, -0.1) is 0 Å². The van der Waals surface area contributed by atoms with Gasteiger partial charge >= 0.3 is 0 Å². The largest absolute Gasteiger partial charge is 0.361 e. The molecule has 0 spiro atoms. The highest BCUT2D eigenvalue weighted by Crippen LogP contribution is 2.17. The molecule has 0 saturated carbocycles. The molecule has 0 aliphatic rings. The first-order chi connectivity index (χ1) is 12.2. The average molecular weight is 356 g/mol. The van der Waals surface area contributed by atoms with E-state index in [9.17, 15) is 0 Å². The van der Waals surface area contributed by atoms with Crippen LogP contribution in [0.1, 0.15) is 136 Å². The Balaban J connectivity index is 3.58. The first-order valence-corrected chi connectivity index (χ1v) is 11.6. The average Bonchev–Trinajstić information content (AvgIpc) is 2.58. The van der Waals surface area contributed by atoms with Gasteiger partial charge in [0.15, 0.2) is 0 Å². The van der Waals surface area contributed by atoms with Crippen LogP contribution < -0.4 is 5.73 Å². The first kappa shape index (κ1) is 24.9. The maximum atomic E-state index is 5.95. The van der Waals surface area contributed by atoms with E-state index in [1.54, 1.807) is 0 Å². The Morgan fingerprint density at radius 2 is 0.880 bits per heavy atom. The molecule has 0 amide bonds. The molecule has 2 heteroatoms. The summed E-state index contributed by atoms with van der Waals surface area (Å²) in [5.41, 5.74) is 5.87. The third kappa shape index (κ3) is 20.1. The Labute approximate surface area is 159 Å². The number of hydrogen-bond acceptors (Lipinski definition) is 2. The van der Waals surface area contributed by atoms with E-state index in [0.29, 0.717) is 6.10 Å². The third-order valence-electron chi connectivity index (χ3n) is 5.17. The van der Waals surface area contributed by atoms with Crippen LogP contribution in [-0.2, 0) is 4.74 Å². The van der Waals surface area contributed by atoms with Crippen LogP contribution in [0.25, 0.3) is 0 Å². The molecule has 0 heterocycles. The van der Waals surface area contributed by atoms with Crippen molar-refractivity contribution in [3.63, 3.8) is 0 Å². The molecule has 0 fully saturated rings. The molecule has 0 saturated heterocycles. The molecule has 0 rings (SSSR count). The lowest BCUT2D eigenvalue weighted by molar-refractivity contribution is -0.00998. The molecule has 0 radical (unpaired) electrons. The zero-order chi connectivity index (χ0) is 18.6. The van der Waals surface area contributed by atoms with Crippen molar-refractivity contribution in [1.29, 1.82) is 0 Å². The molecule has 1 atom stereocenters. The number of nitrogens with two attached hydrogens (primary N) is 1. The second kappa shape index (κ2) is 20.2. The molecule has 0 aromatic rings. The zero-order valence-corrected chi connectivity index (χ0v) is 17.9. The van der Waals surface area contributed by atoms with E-state index in [1.165, 1.54) is 116 Å². The molecule has 1 unspecified atom stereocenters. The van der Waals surface area contributed by atoms with Crippen molar-refractivity contribution in [2.45, 2.75) is 149 Å². The highest BCUT2D eigenvalue weighted by Gasteiger charge is 2.11. The first-order valence-electron chi connectivity index (χ1n) is 11.6. The van der Waals surface area contributed by atoms with Gasteiger partial charge in [-0.05, 0) is 19.8 Å². The van der Waals surface area contributed by atoms with Crippen molar-refractivity contribution >= 4 is 0 Å². The molecule has 0 aliphatic heterocycles. The normalized spacial score (nSPS) is 12.8. The molecule has 25 heavy (non-hydrogen) atoms. The van der Waals surface area contributed by atoms with Crippen molar-refractivity contribution in [3.8, 4) is 0 Å². The van der Waals surface area contributed by atoms with Crippen LogP contribution in [-0.4, -0.2) is 12.3 Å². The number of ether oxygens (including phenoxy) is 1. The molecule has 2 nitrogen and oxygen atoms in total. The maximum Gasteiger partial charge on any atom is 0.103 e. The second-order valence-corrected chi connectivity index (χ2v) is 7.99. The summed E-state index contributed by atoms with van der Waals surface area (Å²) < 4.78 is 5.95. The van der Waals surface area contributed by atoms with Crippen LogP contribution in [0.15, 0.2) is 0 Å². The van der Waals surface area contributed by atoms with Gasteiger partial charge in [-0.1, -0.05) is 117 Å². The van der Waals surface area contributed by atoms with Crippen LogP contribution in [0.2, 0.25) is 0 Å². The minimum absolute atomic E-state index is 0.118. The van der Waals surface area contributed by atoms with E-state index in [-0.39, 0.29) is 6.23 Å². The van der Waals surface area contributed by atoms with E-state index in [1.807, 2.05) is 6.92 Å². The predicted octanol–water partition coefficient (Wildman–Crippen LogP) is 7.74. The Hall–Kier alpha value is -0.0800. The van der Waals surface area contributed by atoms with Gasteiger partial charge in [0.2, 0.25) is 0 Å². The van der Waals surface area contributed by atoms with E-state index in [0.717, 1.165) is 0 Å². The summed E-state index contributed by atoms with van der Waals surface area (Å²) in [4.78, 5) is 0. The van der Waals surface area contributed by atoms with E-state index in [4.69, 9.17) is 10.5 Å². The number of rotatable bonds is 20. The summed E-state index contributed by atoms with van der Waals surface area (Å²) in [6.07, 6.45) is 24.8. The summed E-state index contributed by atoms with van der Waals surface area (Å²) >= 11 is 0. The summed E-state index contributed by atoms with van der Waals surface area (Å²) in [5.74, 6) is 0. The van der Waals surface area contributed by atoms with E-state index in [2.05, 4.69) is 13.8 Å². The van der Waals surface area contributed by atoms with Crippen LogP contribution >= 0.6 is 0 Å². The Bertz CT molecular complexity index is 222. The van der Waals surface area contributed by atoms with Gasteiger partial charge in [0, 0.05) is 0 Å². The lowest BCUT2D eigenvalue weighted by Crippen LogP contribution is -2.26. The highest BCUT2D eigenvalue weighted by atomic mass is 16.5. The Morgan fingerprint density at radius 1 is 0.560 bits per heavy atom. The smallest absolute Gasteiger partial charge is 0.103 e. The van der Waals surface area contributed by atoms with Gasteiger partial charge in [0.25, 0.3) is 0 Å². The molecule has 0 bridgehead atoms. The summed E-state index contributed by atoms with van der Waals surface area (Å²) in [6.45, 7) is 6.53. The van der Waals surface area contributed by atoms with Gasteiger partial charge in [-0.3, -0.25) is 0 Å². The molecule has 0 aromatic carbocycles. The van der Waals surface area contributed by atoms with Gasteiger partial charge in [-0.2, -0.15) is 0 Å². The molecular weight excluding hydrogens is 306 g/mol. The van der Waals surface area contributed by atoms with Crippen LogP contribution in [0.3, 0.4) is 0 Å². The summed E-state index contributed by atoms with van der Waals surface area (Å²) in [7, 11) is 0. The fraction of sp³-hybridized carbons (Fsp3) is 1.00. The number of hydrogen-bond donors (Lipinski definition) is 1. The highest BCUT2D eigenvalue weighted by molar-refractivity contribution is 4.61. The summed E-state index contributed by atoms with van der Waals surface area (Å²) in [5, 5.41) is 0. The van der Waals surface area contributed by atoms with Gasteiger partial charge in [-0.25, -0.2) is 0 Å². The number of unbranched alkanes of at least 4 members (excludes halogenated alkanes) is 14. The monoisotopic (exact) mass is 355 g/mol. The van der Waals surface area contributed by atoms with E-state index < -0.39 is 0 Å². The molecular formula is C23H49NO. The summed E-state index contributed by atoms with van der Waals surface area (Å²) in [6, 6.07) is 0. The lowest BCUT2D eigenvalue weighted by Gasteiger charge is -2.20. The van der Waals surface area contributed by atoms with Crippen molar-refractivity contribution < 1.29 is 4.74 Å². The minimum atomic E-state index is -0.118. The lowest BCUT2D eigenvalue weighted by atomic mass is 10.0. The molecule has 2 N–H and O–H groups in total. The van der Waals surface area contributed by atoms with Gasteiger partial charge in [0.05, 0.1) is 6.10 Å². The molecule has 0 aliphatic carbocycles. The predicted molar refractivity (Wildman–Crippen MR) is 113 cm³/mol. The van der Waals surface area contributed by atoms with Gasteiger partial charge in [0.1, 0.15) is 6.23 Å². The third-order valence-corrected chi connectivity index (χ3v) is 5.17. The van der Waals surface area contributed by atoms with Crippen molar-refractivity contribution in [2.75, 3.05) is 0 Å². The van der Waals surface area contributed by atoms with Gasteiger partial charge < -0.3 is 10.5 Å². The fourth-order valence-corrected chi connectivity index (χ4v) is 3.60. The van der Waals surface area contributed by atoms with E-state index >= 15 is 0 Å². The topological polar surface area (TPSA) is 35.2 Å². The fourth-order valence-electron chi connectivity index (χ4n) is 3.60. The van der Waals surface area contributed by atoms with Crippen LogP contribution in [0, 0.1) is 0 Å². The zero-order valence-electron chi connectivity index (χ0n) is 17.9. The Morgan fingerprint density at radius 3 is 1.20 bits per heavy atom.